The Kier molecular flexibility index (Phi) is 10.6. The highest BCUT2D eigenvalue weighted by molar-refractivity contribution is 7.91. The summed E-state index contributed by atoms with van der Waals surface area (Å²) in [6.45, 7) is 6.56. The first-order valence-corrected chi connectivity index (χ1v) is 13.9. The van der Waals surface area contributed by atoms with Gasteiger partial charge in [0.25, 0.3) is 0 Å². The molecule has 0 aromatic heterocycles. The Morgan fingerprint density at radius 2 is 1.62 bits per heavy atom. The lowest BCUT2D eigenvalue weighted by molar-refractivity contribution is 0.0172. The Morgan fingerprint density at radius 3 is 2.29 bits per heavy atom. The van der Waals surface area contributed by atoms with Crippen LogP contribution in [0.2, 0.25) is 10.0 Å². The largest absolute Gasteiger partial charge is 0.379 e. The Hall–Kier alpha value is -1.19. The van der Waals surface area contributed by atoms with Crippen LogP contribution in [0.15, 0.2) is 41.3 Å². The normalized spacial score (nSPS) is 16.5. The lowest BCUT2D eigenvalue weighted by Crippen LogP contribution is -2.31. The Balaban J connectivity index is 1.53. The number of likely N-dealkylation sites (N-methyl/N-ethyl adjacent to an activating group) is 1. The van der Waals surface area contributed by atoms with Gasteiger partial charge in [-0.1, -0.05) is 35.3 Å². The van der Waals surface area contributed by atoms with Crippen LogP contribution in [0.3, 0.4) is 0 Å². The van der Waals surface area contributed by atoms with E-state index in [9.17, 15) is 8.42 Å². The molecular weight excluding hydrogens is 497 g/mol. The standard InChI is InChI=1S/C25H33Cl2NO5S/c1-3-31-10-11-33-13-12-32-9-4-14-34(29,30)21-7-5-19(6-8-21)23-17-28(2)18-24-22(23)15-20(26)16-25(24)27/h5-8,15-16,23H,3-4,9-14,17-18H2,1-2H3. The van der Waals surface area contributed by atoms with Gasteiger partial charge in [-0.05, 0) is 61.3 Å². The van der Waals surface area contributed by atoms with Gasteiger partial charge in [-0.15, -0.1) is 0 Å². The first-order chi connectivity index (χ1) is 16.3. The first kappa shape index (κ1) is 27.4. The number of hydrogen-bond donors (Lipinski definition) is 0. The third-order valence-corrected chi connectivity index (χ3v) is 8.16. The number of nitrogens with zero attached hydrogens (tertiary/aromatic N) is 1. The number of halogens is 2. The fourth-order valence-corrected chi connectivity index (χ4v) is 5.94. The third-order valence-electron chi connectivity index (χ3n) is 5.78. The first-order valence-electron chi connectivity index (χ1n) is 11.5. The van der Waals surface area contributed by atoms with Crippen LogP contribution < -0.4 is 0 Å². The molecule has 0 bridgehead atoms. The number of rotatable bonds is 13. The minimum absolute atomic E-state index is 0.0394. The highest BCUT2D eigenvalue weighted by Crippen LogP contribution is 2.38. The molecule has 2 aromatic rings. The fraction of sp³-hybridized carbons (Fsp3) is 0.520. The van der Waals surface area contributed by atoms with Crippen molar-refractivity contribution in [2.24, 2.45) is 0 Å². The molecule has 0 aliphatic carbocycles. The van der Waals surface area contributed by atoms with Crippen LogP contribution in [-0.2, 0) is 30.6 Å². The molecule has 1 unspecified atom stereocenters. The molecule has 1 aliphatic rings. The molecule has 0 radical (unpaired) electrons. The maximum absolute atomic E-state index is 12.8. The number of sulfone groups is 1. The van der Waals surface area contributed by atoms with Crippen molar-refractivity contribution in [2.45, 2.75) is 30.7 Å². The molecule has 0 N–H and O–H groups in total. The van der Waals surface area contributed by atoms with Crippen molar-refractivity contribution in [1.29, 1.82) is 0 Å². The molecule has 2 aromatic carbocycles. The smallest absolute Gasteiger partial charge is 0.178 e. The van der Waals surface area contributed by atoms with E-state index in [-0.39, 0.29) is 11.7 Å². The van der Waals surface area contributed by atoms with Crippen molar-refractivity contribution < 1.29 is 22.6 Å². The summed E-state index contributed by atoms with van der Waals surface area (Å²) in [5.41, 5.74) is 3.21. The maximum atomic E-state index is 12.8. The summed E-state index contributed by atoms with van der Waals surface area (Å²) >= 11 is 12.7. The molecule has 0 saturated carbocycles. The quantitative estimate of drug-likeness (QED) is 0.347. The van der Waals surface area contributed by atoms with Crippen molar-refractivity contribution in [3.05, 3.63) is 63.1 Å². The number of benzene rings is 2. The van der Waals surface area contributed by atoms with Gasteiger partial charge >= 0.3 is 0 Å². The molecular formula is C25H33Cl2NO5S. The van der Waals surface area contributed by atoms with Gasteiger partial charge in [0.2, 0.25) is 0 Å². The topological polar surface area (TPSA) is 65.1 Å². The molecule has 1 aliphatic heterocycles. The van der Waals surface area contributed by atoms with Crippen LogP contribution in [0, 0.1) is 0 Å². The van der Waals surface area contributed by atoms with E-state index in [2.05, 4.69) is 11.9 Å². The van der Waals surface area contributed by atoms with Crippen molar-refractivity contribution in [2.75, 3.05) is 59.0 Å². The highest BCUT2D eigenvalue weighted by Gasteiger charge is 2.27. The lowest BCUT2D eigenvalue weighted by Gasteiger charge is -2.33. The SMILES string of the molecule is CCOCCOCCOCCCS(=O)(=O)c1ccc(C2CN(C)Cc3c(Cl)cc(Cl)cc32)cc1. The highest BCUT2D eigenvalue weighted by atomic mass is 35.5. The summed E-state index contributed by atoms with van der Waals surface area (Å²) in [7, 11) is -1.33. The zero-order valence-electron chi connectivity index (χ0n) is 19.8. The molecule has 9 heteroatoms. The average molecular weight is 531 g/mol. The van der Waals surface area contributed by atoms with Crippen molar-refractivity contribution in [3.63, 3.8) is 0 Å². The van der Waals surface area contributed by atoms with E-state index in [1.807, 2.05) is 25.1 Å². The minimum atomic E-state index is -3.38. The van der Waals surface area contributed by atoms with Gasteiger partial charge < -0.3 is 19.1 Å². The molecule has 0 spiro atoms. The summed E-state index contributed by atoms with van der Waals surface area (Å²) in [5, 5.41) is 1.27. The van der Waals surface area contributed by atoms with E-state index in [0.717, 1.165) is 29.8 Å². The molecule has 1 atom stereocenters. The summed E-state index contributed by atoms with van der Waals surface area (Å²) in [5.74, 6) is 0.114. The zero-order valence-corrected chi connectivity index (χ0v) is 22.1. The van der Waals surface area contributed by atoms with Crippen LogP contribution in [0.5, 0.6) is 0 Å². The number of ether oxygens (including phenoxy) is 3. The molecule has 188 valence electrons. The molecule has 6 nitrogen and oxygen atoms in total. The summed E-state index contributed by atoms with van der Waals surface area (Å²) in [6, 6.07) is 10.9. The summed E-state index contributed by atoms with van der Waals surface area (Å²) in [4.78, 5) is 2.53. The van der Waals surface area contributed by atoms with Gasteiger partial charge in [-0.25, -0.2) is 8.42 Å². The lowest BCUT2D eigenvalue weighted by atomic mass is 9.85. The van der Waals surface area contributed by atoms with Crippen LogP contribution in [-0.4, -0.2) is 72.3 Å². The van der Waals surface area contributed by atoms with E-state index >= 15 is 0 Å². The van der Waals surface area contributed by atoms with E-state index in [0.29, 0.717) is 61.0 Å². The van der Waals surface area contributed by atoms with E-state index in [1.165, 1.54) is 0 Å². The molecule has 1 heterocycles. The maximum Gasteiger partial charge on any atom is 0.178 e. The van der Waals surface area contributed by atoms with E-state index in [4.69, 9.17) is 37.4 Å². The summed E-state index contributed by atoms with van der Waals surface area (Å²) < 4.78 is 41.5. The van der Waals surface area contributed by atoms with Gasteiger partial charge in [0.15, 0.2) is 9.84 Å². The molecule has 34 heavy (non-hydrogen) atoms. The van der Waals surface area contributed by atoms with E-state index in [1.54, 1.807) is 18.2 Å². The molecule has 0 fully saturated rings. The Morgan fingerprint density at radius 1 is 0.971 bits per heavy atom. The second-order valence-corrected chi connectivity index (χ2v) is 11.3. The van der Waals surface area contributed by atoms with Gasteiger partial charge in [0.05, 0.1) is 37.1 Å². The minimum Gasteiger partial charge on any atom is -0.379 e. The molecule has 0 saturated heterocycles. The second-order valence-electron chi connectivity index (χ2n) is 8.37. The number of fused-ring (bicyclic) bond motifs is 1. The van der Waals surface area contributed by atoms with Crippen LogP contribution in [0.1, 0.15) is 36.0 Å². The zero-order chi connectivity index (χ0) is 24.6. The van der Waals surface area contributed by atoms with Gasteiger partial charge in [-0.2, -0.15) is 0 Å². The van der Waals surface area contributed by atoms with Gasteiger partial charge in [-0.3, -0.25) is 0 Å². The second kappa shape index (κ2) is 13.2. The fourth-order valence-electron chi connectivity index (χ4n) is 4.09. The van der Waals surface area contributed by atoms with Crippen LogP contribution in [0.25, 0.3) is 0 Å². The average Bonchev–Trinajstić information content (AvgIpc) is 2.80. The monoisotopic (exact) mass is 529 g/mol. The van der Waals surface area contributed by atoms with Crippen molar-refractivity contribution >= 4 is 33.0 Å². The predicted octanol–water partition coefficient (Wildman–Crippen LogP) is 4.80. The number of hydrogen-bond acceptors (Lipinski definition) is 6. The van der Waals surface area contributed by atoms with E-state index < -0.39 is 9.84 Å². The predicted molar refractivity (Wildman–Crippen MR) is 136 cm³/mol. The Bertz CT molecular complexity index is 1030. The Labute approximate surface area is 213 Å². The van der Waals surface area contributed by atoms with Gasteiger partial charge in [0.1, 0.15) is 0 Å². The third kappa shape index (κ3) is 7.65. The van der Waals surface area contributed by atoms with Gasteiger partial charge in [0, 0.05) is 42.3 Å². The summed E-state index contributed by atoms with van der Waals surface area (Å²) in [6.07, 6.45) is 0.431. The molecule has 3 rings (SSSR count). The van der Waals surface area contributed by atoms with Crippen molar-refractivity contribution in [1.82, 2.24) is 4.90 Å². The van der Waals surface area contributed by atoms with Crippen LogP contribution in [0.4, 0.5) is 0 Å². The van der Waals surface area contributed by atoms with Crippen LogP contribution >= 0.6 is 23.2 Å². The molecule has 0 amide bonds. The van der Waals surface area contributed by atoms with Crippen molar-refractivity contribution in [3.8, 4) is 0 Å².